The third-order valence-corrected chi connectivity index (χ3v) is 0.312. The van der Waals surface area contributed by atoms with Crippen LogP contribution >= 0.6 is 0 Å². The third-order valence-electron chi connectivity index (χ3n) is 0.312. The molecule has 0 aromatic rings. The average molecular weight is 77.1 g/mol. The van der Waals surface area contributed by atoms with Crippen LogP contribution in [0.4, 0.5) is 0 Å². The summed E-state index contributed by atoms with van der Waals surface area (Å²) in [4.78, 5) is 0. The van der Waals surface area contributed by atoms with Gasteiger partial charge >= 0.3 is 18.9 Å². The fraction of sp³-hybridized carbons (Fsp3) is 0.500. The van der Waals surface area contributed by atoms with Crippen LogP contribution in [-0.2, 0) is 0 Å². The van der Waals surface area contributed by atoms with E-state index in [1.54, 1.807) is 6.20 Å². The molecule has 0 aliphatic rings. The number of hydrogen-bond donors (Lipinski definition) is 0. The van der Waals surface area contributed by atoms with Crippen molar-refractivity contribution in [1.29, 1.82) is 0 Å². The average Bonchev–Trinajstić information content (AvgIpc) is 1.41. The fourth-order valence-electron chi connectivity index (χ4n) is 0.129. The van der Waals surface area contributed by atoms with Gasteiger partial charge in [-0.25, -0.2) is 0 Å². The van der Waals surface area contributed by atoms with E-state index in [2.05, 4.69) is 11.9 Å². The predicted molar refractivity (Wildman–Crippen MR) is 24.1 cm³/mol. The second-order valence-corrected chi connectivity index (χ2v) is 0.681. The van der Waals surface area contributed by atoms with Crippen molar-refractivity contribution in [2.24, 2.45) is 0 Å². The molecule has 0 aliphatic carbocycles. The molecule has 0 fully saturated rings. The van der Waals surface area contributed by atoms with Crippen molar-refractivity contribution in [3.8, 4) is 0 Å². The Morgan fingerprint density at radius 1 is 1.83 bits per heavy atom. The zero-order valence-electron chi connectivity index (χ0n) is 4.44. The van der Waals surface area contributed by atoms with Crippen LogP contribution in [0.2, 0.25) is 0 Å². The van der Waals surface area contributed by atoms with Crippen LogP contribution in [0, 0.1) is 0 Å². The van der Waals surface area contributed by atoms with E-state index >= 15 is 0 Å². The first-order chi connectivity index (χ1) is 2.41. The minimum atomic E-state index is 0. The third kappa shape index (κ3) is 8.91. The summed E-state index contributed by atoms with van der Waals surface area (Å²) < 4.78 is 0. The molecular formula is C4H8LiN. The van der Waals surface area contributed by atoms with E-state index in [0.29, 0.717) is 0 Å². The molecule has 0 heterocycles. The van der Waals surface area contributed by atoms with E-state index in [-0.39, 0.29) is 18.9 Å². The van der Waals surface area contributed by atoms with Gasteiger partial charge in [-0.05, 0) is 0 Å². The minimum absolute atomic E-state index is 0. The Bertz CT molecular complexity index is 28.7. The maximum absolute atomic E-state index is 3.74. The first kappa shape index (κ1) is 9.46. The molecule has 0 N–H and O–H groups in total. The summed E-state index contributed by atoms with van der Waals surface area (Å²) in [6.45, 7) is 6.21. The van der Waals surface area contributed by atoms with E-state index < -0.39 is 0 Å². The summed E-state index contributed by atoms with van der Waals surface area (Å²) in [5, 5.41) is 3.74. The largest absolute Gasteiger partial charge is 1.00 e. The van der Waals surface area contributed by atoms with Crippen molar-refractivity contribution in [2.75, 3.05) is 6.54 Å². The second-order valence-electron chi connectivity index (χ2n) is 0.681. The monoisotopic (exact) mass is 77.1 g/mol. The molecule has 0 aromatic heterocycles. The van der Waals surface area contributed by atoms with E-state index in [0.717, 1.165) is 6.54 Å². The molecule has 0 aliphatic heterocycles. The normalized spacial score (nSPS) is 5.50. The summed E-state index contributed by atoms with van der Waals surface area (Å²) in [7, 11) is 0. The topological polar surface area (TPSA) is 14.1 Å². The van der Waals surface area contributed by atoms with E-state index in [4.69, 9.17) is 0 Å². The Morgan fingerprint density at radius 3 is 2.33 bits per heavy atom. The summed E-state index contributed by atoms with van der Waals surface area (Å²) in [6, 6.07) is 0. The first-order valence-electron chi connectivity index (χ1n) is 1.69. The quantitative estimate of drug-likeness (QED) is 0.357. The molecule has 2 heteroatoms. The molecule has 1 nitrogen and oxygen atoms in total. The molecule has 0 saturated carbocycles. The van der Waals surface area contributed by atoms with Gasteiger partial charge in [0.1, 0.15) is 0 Å². The molecule has 0 rings (SSSR count). The molecule has 6 heavy (non-hydrogen) atoms. The Balaban J connectivity index is 0. The molecule has 0 aromatic carbocycles. The minimum Gasteiger partial charge on any atom is -0.691 e. The van der Waals surface area contributed by atoms with Crippen LogP contribution < -0.4 is 18.9 Å². The molecule has 0 amide bonds. The second kappa shape index (κ2) is 8.93. The van der Waals surface area contributed by atoms with Crippen molar-refractivity contribution in [2.45, 2.75) is 6.92 Å². The SMILES string of the molecule is C=C[N-]CC.[Li+]. The van der Waals surface area contributed by atoms with Crippen molar-refractivity contribution in [3.63, 3.8) is 0 Å². The van der Waals surface area contributed by atoms with Crippen molar-refractivity contribution < 1.29 is 18.9 Å². The smallest absolute Gasteiger partial charge is 0.691 e. The Morgan fingerprint density at radius 2 is 2.33 bits per heavy atom. The van der Waals surface area contributed by atoms with Crippen LogP contribution in [0.15, 0.2) is 12.8 Å². The van der Waals surface area contributed by atoms with Gasteiger partial charge in [0, 0.05) is 0 Å². The first-order valence-corrected chi connectivity index (χ1v) is 1.69. The molecule has 0 radical (unpaired) electrons. The van der Waals surface area contributed by atoms with Gasteiger partial charge < -0.3 is 5.32 Å². The van der Waals surface area contributed by atoms with Crippen LogP contribution in [-0.4, -0.2) is 6.54 Å². The van der Waals surface area contributed by atoms with Gasteiger partial charge in [0.2, 0.25) is 0 Å². The Labute approximate surface area is 51.0 Å². The van der Waals surface area contributed by atoms with Crippen molar-refractivity contribution in [1.82, 2.24) is 0 Å². The van der Waals surface area contributed by atoms with E-state index in [9.17, 15) is 0 Å². The van der Waals surface area contributed by atoms with Crippen LogP contribution in [0.1, 0.15) is 6.92 Å². The molecule has 0 atom stereocenters. The molecule has 0 spiro atoms. The molecule has 30 valence electrons. The van der Waals surface area contributed by atoms with Gasteiger partial charge in [-0.1, -0.05) is 6.92 Å². The Hall–Kier alpha value is 0.137. The number of hydrogen-bond acceptors (Lipinski definition) is 0. The van der Waals surface area contributed by atoms with Gasteiger partial charge in [-0.2, -0.15) is 6.20 Å². The molecule has 0 saturated heterocycles. The molecule has 0 unspecified atom stereocenters. The van der Waals surface area contributed by atoms with Crippen LogP contribution in [0.5, 0.6) is 0 Å². The standard InChI is InChI=1S/C4H8N.Li/c1-3-5-4-2;/h3H,1,4H2,2H3;/q-1;+1. The van der Waals surface area contributed by atoms with Gasteiger partial charge in [0.25, 0.3) is 0 Å². The van der Waals surface area contributed by atoms with Crippen LogP contribution in [0.3, 0.4) is 0 Å². The number of nitrogens with zero attached hydrogens (tertiary/aromatic N) is 1. The Kier molecular flexibility index (Phi) is 14.1. The summed E-state index contributed by atoms with van der Waals surface area (Å²) >= 11 is 0. The molecular weight excluding hydrogens is 69.0 g/mol. The summed E-state index contributed by atoms with van der Waals surface area (Å²) in [5.41, 5.74) is 0. The van der Waals surface area contributed by atoms with Crippen LogP contribution in [0.25, 0.3) is 5.32 Å². The zero-order valence-corrected chi connectivity index (χ0v) is 4.44. The van der Waals surface area contributed by atoms with Gasteiger partial charge in [0.15, 0.2) is 0 Å². The van der Waals surface area contributed by atoms with Crippen molar-refractivity contribution in [3.05, 3.63) is 18.1 Å². The summed E-state index contributed by atoms with van der Waals surface area (Å²) in [5.74, 6) is 0. The van der Waals surface area contributed by atoms with Crippen molar-refractivity contribution >= 4 is 0 Å². The van der Waals surface area contributed by atoms with Gasteiger partial charge in [-0.15, -0.1) is 13.1 Å². The summed E-state index contributed by atoms with van der Waals surface area (Å²) in [6.07, 6.45) is 1.56. The van der Waals surface area contributed by atoms with Gasteiger partial charge in [0.05, 0.1) is 0 Å². The molecule has 0 bridgehead atoms. The fourth-order valence-corrected chi connectivity index (χ4v) is 0.129. The maximum Gasteiger partial charge on any atom is 1.00 e. The zero-order chi connectivity index (χ0) is 4.12. The predicted octanol–water partition coefficient (Wildman–Crippen LogP) is -1.47. The van der Waals surface area contributed by atoms with Gasteiger partial charge in [-0.3, -0.25) is 0 Å². The number of rotatable bonds is 2. The van der Waals surface area contributed by atoms with E-state index in [1.165, 1.54) is 0 Å². The van der Waals surface area contributed by atoms with E-state index in [1.807, 2.05) is 6.92 Å². The maximum atomic E-state index is 3.74.